The molecule has 1 aliphatic rings. The predicted octanol–water partition coefficient (Wildman–Crippen LogP) is -5.76. The summed E-state index contributed by atoms with van der Waals surface area (Å²) in [7, 11) is 0. The Morgan fingerprint density at radius 2 is 1.43 bits per heavy atom. The van der Waals surface area contributed by atoms with Gasteiger partial charge >= 0.3 is 0 Å². The highest BCUT2D eigenvalue weighted by Crippen LogP contribution is 2.22. The minimum Gasteiger partial charge on any atom is -0.394 e. The van der Waals surface area contributed by atoms with Crippen molar-refractivity contribution in [3.8, 4) is 0 Å². The van der Waals surface area contributed by atoms with Crippen molar-refractivity contribution in [1.82, 2.24) is 0 Å². The highest BCUT2D eigenvalue weighted by atomic mass is 16.7. The molecule has 1 fully saturated rings. The van der Waals surface area contributed by atoms with Crippen LogP contribution in [0.15, 0.2) is 0 Å². The van der Waals surface area contributed by atoms with E-state index in [0.717, 1.165) is 0 Å². The van der Waals surface area contributed by atoms with E-state index >= 15 is 0 Å². The van der Waals surface area contributed by atoms with Crippen molar-refractivity contribution in [3.63, 3.8) is 0 Å². The molecular weight excluding hydrogens is 320 g/mol. The third kappa shape index (κ3) is 5.01. The monoisotopic (exact) mass is 344 g/mol. The zero-order valence-electron chi connectivity index (χ0n) is 12.2. The molecule has 0 aromatic rings. The lowest BCUT2D eigenvalue weighted by Gasteiger charge is -2.40. The summed E-state index contributed by atoms with van der Waals surface area (Å²) in [5.74, 6) is 0. The summed E-state index contributed by atoms with van der Waals surface area (Å²) in [4.78, 5) is 0. The van der Waals surface area contributed by atoms with Gasteiger partial charge in [0, 0.05) is 0 Å². The maximum atomic E-state index is 9.80. The van der Waals surface area contributed by atoms with Crippen molar-refractivity contribution < 1.29 is 55.4 Å². The van der Waals surface area contributed by atoms with Crippen LogP contribution in [0.5, 0.6) is 0 Å². The molecule has 0 spiro atoms. The van der Waals surface area contributed by atoms with Crippen LogP contribution < -0.4 is 0 Å². The Morgan fingerprint density at radius 1 is 0.870 bits per heavy atom. The number of hydrogen-bond acceptors (Lipinski definition) is 11. The molecular formula is C12H24O11. The summed E-state index contributed by atoms with van der Waals surface area (Å²) in [6.45, 7) is -2.14. The van der Waals surface area contributed by atoms with Gasteiger partial charge in [0.25, 0.3) is 0 Å². The highest BCUT2D eigenvalue weighted by molar-refractivity contribution is 4.90. The van der Waals surface area contributed by atoms with E-state index < -0.39 is 74.9 Å². The molecule has 11 heteroatoms. The van der Waals surface area contributed by atoms with Gasteiger partial charge in [-0.3, -0.25) is 0 Å². The van der Waals surface area contributed by atoms with Crippen LogP contribution >= 0.6 is 0 Å². The Hall–Kier alpha value is -0.440. The van der Waals surface area contributed by atoms with Gasteiger partial charge in [-0.1, -0.05) is 0 Å². The minimum absolute atomic E-state index is 0.652. The molecule has 0 amide bonds. The first-order valence-corrected chi connectivity index (χ1v) is 6.99. The third-order valence-corrected chi connectivity index (χ3v) is 3.62. The Balaban J connectivity index is 2.60. The smallest absolute Gasteiger partial charge is 0.184 e. The summed E-state index contributed by atoms with van der Waals surface area (Å²) in [6.07, 6.45) is -14.7. The normalized spacial score (nSPS) is 37.2. The van der Waals surface area contributed by atoms with E-state index in [2.05, 4.69) is 0 Å². The molecule has 138 valence electrons. The lowest BCUT2D eigenvalue weighted by atomic mass is 9.98. The molecule has 1 saturated heterocycles. The van der Waals surface area contributed by atoms with Crippen LogP contribution in [0.25, 0.3) is 0 Å². The molecule has 9 N–H and O–H groups in total. The molecule has 1 aliphatic heterocycles. The lowest BCUT2D eigenvalue weighted by molar-refractivity contribution is -0.297. The van der Waals surface area contributed by atoms with E-state index in [1.165, 1.54) is 0 Å². The van der Waals surface area contributed by atoms with Gasteiger partial charge < -0.3 is 55.4 Å². The second-order valence-corrected chi connectivity index (χ2v) is 5.33. The largest absolute Gasteiger partial charge is 0.394 e. The molecule has 0 aliphatic carbocycles. The summed E-state index contributed by atoms with van der Waals surface area (Å²) >= 11 is 0. The van der Waals surface area contributed by atoms with Crippen molar-refractivity contribution in [2.45, 2.75) is 55.1 Å². The molecule has 11 nitrogen and oxygen atoms in total. The quantitative estimate of drug-likeness (QED) is 0.203. The van der Waals surface area contributed by atoms with Gasteiger partial charge in [-0.25, -0.2) is 0 Å². The van der Waals surface area contributed by atoms with E-state index in [4.69, 9.17) is 19.7 Å². The molecule has 0 saturated carbocycles. The molecule has 1 rings (SSSR count). The molecule has 9 atom stereocenters. The molecule has 0 aromatic carbocycles. The van der Waals surface area contributed by atoms with Crippen molar-refractivity contribution in [2.75, 3.05) is 19.8 Å². The van der Waals surface area contributed by atoms with Gasteiger partial charge in [-0.2, -0.15) is 0 Å². The van der Waals surface area contributed by atoms with Crippen molar-refractivity contribution in [1.29, 1.82) is 0 Å². The number of aliphatic hydroxyl groups excluding tert-OH is 9. The van der Waals surface area contributed by atoms with Crippen molar-refractivity contribution in [2.24, 2.45) is 0 Å². The van der Waals surface area contributed by atoms with Crippen LogP contribution in [-0.2, 0) is 9.47 Å². The van der Waals surface area contributed by atoms with Crippen LogP contribution in [0.2, 0.25) is 0 Å². The zero-order valence-corrected chi connectivity index (χ0v) is 12.2. The molecule has 0 radical (unpaired) electrons. The van der Waals surface area contributed by atoms with E-state index in [1.807, 2.05) is 0 Å². The van der Waals surface area contributed by atoms with Crippen LogP contribution in [-0.4, -0.2) is 121 Å². The first-order chi connectivity index (χ1) is 10.7. The van der Waals surface area contributed by atoms with Gasteiger partial charge in [-0.05, 0) is 0 Å². The highest BCUT2D eigenvalue weighted by Gasteiger charge is 2.45. The first kappa shape index (κ1) is 20.6. The van der Waals surface area contributed by atoms with E-state index in [0.29, 0.717) is 0 Å². The summed E-state index contributed by atoms with van der Waals surface area (Å²) < 4.78 is 9.92. The average molecular weight is 344 g/mol. The maximum absolute atomic E-state index is 9.80. The van der Waals surface area contributed by atoms with Crippen molar-refractivity contribution >= 4 is 0 Å². The van der Waals surface area contributed by atoms with Crippen LogP contribution in [0.3, 0.4) is 0 Å². The summed E-state index contributed by atoms with van der Waals surface area (Å²) in [6, 6.07) is 0. The molecule has 1 heterocycles. The lowest BCUT2D eigenvalue weighted by Crippen LogP contribution is -2.60. The Labute approximate surface area is 131 Å². The van der Waals surface area contributed by atoms with Gasteiger partial charge in [0.1, 0.15) is 48.8 Å². The topological polar surface area (TPSA) is 201 Å². The van der Waals surface area contributed by atoms with E-state index in [-0.39, 0.29) is 0 Å². The first-order valence-electron chi connectivity index (χ1n) is 6.99. The molecule has 0 aromatic heterocycles. The van der Waals surface area contributed by atoms with Crippen LogP contribution in [0, 0.1) is 0 Å². The standard InChI is InChI=1S/C12H24O11/c13-1-4(15)7(17)8(18)5(16)3-22-11-6(2-14)23-12(21)10(20)9(11)19/h4-21H,1-3H2/t4-,5+,6-,7+,8+,9-,10-,11-,12-/m0/s1. The molecule has 23 heavy (non-hydrogen) atoms. The van der Waals surface area contributed by atoms with E-state index in [1.54, 1.807) is 0 Å². The fourth-order valence-electron chi connectivity index (χ4n) is 2.14. The number of ether oxygens (including phenoxy) is 2. The number of aliphatic hydroxyl groups is 9. The van der Waals surface area contributed by atoms with Crippen LogP contribution in [0.1, 0.15) is 0 Å². The second-order valence-electron chi connectivity index (χ2n) is 5.33. The minimum atomic E-state index is -1.86. The SMILES string of the molecule is OC[C@@H]1O[C@H](O)[C@@H](O)[C@H](O)[C@H]1OC[C@@H](O)[C@@H](O)[C@H](O)[C@@H](O)CO. The summed E-state index contributed by atoms with van der Waals surface area (Å²) in [5.41, 5.74) is 0. The third-order valence-electron chi connectivity index (χ3n) is 3.62. The molecule has 0 bridgehead atoms. The van der Waals surface area contributed by atoms with Crippen molar-refractivity contribution in [3.05, 3.63) is 0 Å². The van der Waals surface area contributed by atoms with E-state index in [9.17, 15) is 35.7 Å². The fraction of sp³-hybridized carbons (Fsp3) is 1.00. The van der Waals surface area contributed by atoms with Gasteiger partial charge in [0.15, 0.2) is 6.29 Å². The summed E-state index contributed by atoms with van der Waals surface area (Å²) in [5, 5.41) is 84.4. The second kappa shape index (κ2) is 9.15. The van der Waals surface area contributed by atoms with Gasteiger partial charge in [0.05, 0.1) is 19.8 Å². The fourth-order valence-corrected chi connectivity index (χ4v) is 2.14. The van der Waals surface area contributed by atoms with Gasteiger partial charge in [-0.15, -0.1) is 0 Å². The van der Waals surface area contributed by atoms with Crippen LogP contribution in [0.4, 0.5) is 0 Å². The Bertz CT molecular complexity index is 341. The predicted molar refractivity (Wildman–Crippen MR) is 70.8 cm³/mol. The zero-order chi connectivity index (χ0) is 17.7. The Kier molecular flexibility index (Phi) is 8.20. The maximum Gasteiger partial charge on any atom is 0.184 e. The number of hydrogen-bond donors (Lipinski definition) is 9. The van der Waals surface area contributed by atoms with Gasteiger partial charge in [0.2, 0.25) is 0 Å². The Morgan fingerprint density at radius 3 is 1.96 bits per heavy atom. The average Bonchev–Trinajstić information content (AvgIpc) is 2.55. The molecule has 0 unspecified atom stereocenters. The number of rotatable bonds is 8.